The molecular formula is C22H29N3O. The van der Waals surface area contributed by atoms with Gasteiger partial charge < -0.3 is 9.80 Å². The average Bonchev–Trinajstić information content (AvgIpc) is 2.72. The summed E-state index contributed by atoms with van der Waals surface area (Å²) in [5, 5.41) is 0. The van der Waals surface area contributed by atoms with E-state index in [9.17, 15) is 4.79 Å². The van der Waals surface area contributed by atoms with Crippen molar-refractivity contribution in [3.05, 3.63) is 59.9 Å². The molecule has 26 heavy (non-hydrogen) atoms. The Morgan fingerprint density at radius 2 is 2.00 bits per heavy atom. The van der Waals surface area contributed by atoms with Gasteiger partial charge in [-0.25, -0.2) is 0 Å². The van der Waals surface area contributed by atoms with Gasteiger partial charge in [0.25, 0.3) is 5.91 Å². The van der Waals surface area contributed by atoms with Gasteiger partial charge >= 0.3 is 0 Å². The van der Waals surface area contributed by atoms with E-state index in [0.717, 1.165) is 44.6 Å². The van der Waals surface area contributed by atoms with Crippen LogP contribution in [0.2, 0.25) is 0 Å². The summed E-state index contributed by atoms with van der Waals surface area (Å²) in [6, 6.07) is 14.7. The Labute approximate surface area is 156 Å². The SMILES string of the molecule is CCC1CCCCN1C(=O)c1cc(N(CC)Cc2ccccc2)ccn1. The highest BCUT2D eigenvalue weighted by Gasteiger charge is 2.27. The Morgan fingerprint density at radius 1 is 1.19 bits per heavy atom. The maximum atomic E-state index is 13.0. The minimum Gasteiger partial charge on any atom is -0.367 e. The summed E-state index contributed by atoms with van der Waals surface area (Å²) in [6.07, 6.45) is 6.20. The van der Waals surface area contributed by atoms with Crippen molar-refractivity contribution in [1.82, 2.24) is 9.88 Å². The van der Waals surface area contributed by atoms with Crippen LogP contribution in [0.3, 0.4) is 0 Å². The fraction of sp³-hybridized carbons (Fsp3) is 0.455. The number of piperidine rings is 1. The molecule has 1 aromatic heterocycles. The summed E-state index contributed by atoms with van der Waals surface area (Å²) < 4.78 is 0. The molecule has 2 heterocycles. The van der Waals surface area contributed by atoms with Crippen LogP contribution in [0.5, 0.6) is 0 Å². The molecule has 2 aromatic rings. The first-order valence-electron chi connectivity index (χ1n) is 9.78. The van der Waals surface area contributed by atoms with Gasteiger partial charge in [-0.3, -0.25) is 9.78 Å². The summed E-state index contributed by atoms with van der Waals surface area (Å²) in [5.74, 6) is 0.0779. The molecule has 0 spiro atoms. The second kappa shape index (κ2) is 8.84. The molecule has 1 aliphatic heterocycles. The van der Waals surface area contributed by atoms with Crippen LogP contribution < -0.4 is 4.90 Å². The number of pyridine rings is 1. The maximum Gasteiger partial charge on any atom is 0.272 e. The van der Waals surface area contributed by atoms with Crippen molar-refractivity contribution < 1.29 is 4.79 Å². The number of rotatable bonds is 6. The van der Waals surface area contributed by atoms with Crippen molar-refractivity contribution >= 4 is 11.6 Å². The summed E-state index contributed by atoms with van der Waals surface area (Å²) in [5.41, 5.74) is 2.88. The first kappa shape index (κ1) is 18.4. The lowest BCUT2D eigenvalue weighted by atomic mass is 9.99. The van der Waals surface area contributed by atoms with Crippen LogP contribution in [0.4, 0.5) is 5.69 Å². The molecule has 1 unspecified atom stereocenters. The molecule has 4 heteroatoms. The van der Waals surface area contributed by atoms with Gasteiger partial charge in [-0.15, -0.1) is 0 Å². The number of likely N-dealkylation sites (tertiary alicyclic amines) is 1. The van der Waals surface area contributed by atoms with E-state index in [0.29, 0.717) is 11.7 Å². The highest BCUT2D eigenvalue weighted by Crippen LogP contribution is 2.23. The van der Waals surface area contributed by atoms with E-state index in [1.54, 1.807) is 6.20 Å². The van der Waals surface area contributed by atoms with Crippen LogP contribution >= 0.6 is 0 Å². The van der Waals surface area contributed by atoms with Gasteiger partial charge in [-0.2, -0.15) is 0 Å². The average molecular weight is 351 g/mol. The molecule has 0 radical (unpaired) electrons. The number of nitrogens with zero attached hydrogens (tertiary/aromatic N) is 3. The number of amides is 1. The monoisotopic (exact) mass is 351 g/mol. The van der Waals surface area contributed by atoms with Crippen LogP contribution in [-0.2, 0) is 6.54 Å². The van der Waals surface area contributed by atoms with Gasteiger partial charge in [0, 0.05) is 37.6 Å². The van der Waals surface area contributed by atoms with Crippen molar-refractivity contribution in [2.75, 3.05) is 18.0 Å². The summed E-state index contributed by atoms with van der Waals surface area (Å²) in [4.78, 5) is 21.7. The van der Waals surface area contributed by atoms with Crippen LogP contribution in [0, 0.1) is 0 Å². The lowest BCUT2D eigenvalue weighted by molar-refractivity contribution is 0.0602. The zero-order chi connectivity index (χ0) is 18.4. The molecule has 1 atom stereocenters. The van der Waals surface area contributed by atoms with E-state index in [4.69, 9.17) is 0 Å². The number of aromatic nitrogens is 1. The van der Waals surface area contributed by atoms with Crippen LogP contribution in [-0.4, -0.2) is 34.9 Å². The first-order valence-corrected chi connectivity index (χ1v) is 9.78. The minimum atomic E-state index is 0.0779. The standard InChI is InChI=1S/C22H29N3O/c1-3-19-12-8-9-15-25(19)22(26)21-16-20(13-14-23-21)24(4-2)17-18-10-6-5-7-11-18/h5-7,10-11,13-14,16,19H,3-4,8-9,12,15,17H2,1-2H3. The lowest BCUT2D eigenvalue weighted by Crippen LogP contribution is -2.43. The molecule has 0 saturated carbocycles. The Bertz CT molecular complexity index is 716. The van der Waals surface area contributed by atoms with E-state index in [1.165, 1.54) is 12.0 Å². The van der Waals surface area contributed by atoms with E-state index in [1.807, 2.05) is 23.1 Å². The third-order valence-corrected chi connectivity index (χ3v) is 5.29. The van der Waals surface area contributed by atoms with Gasteiger partial charge in [0.1, 0.15) is 5.69 Å². The van der Waals surface area contributed by atoms with Crippen molar-refractivity contribution in [2.24, 2.45) is 0 Å². The number of carbonyl (C=O) groups excluding carboxylic acids is 1. The summed E-state index contributed by atoms with van der Waals surface area (Å²) >= 11 is 0. The molecule has 1 saturated heterocycles. The molecule has 138 valence electrons. The van der Waals surface area contributed by atoms with Gasteiger partial charge in [-0.05, 0) is 50.3 Å². The zero-order valence-electron chi connectivity index (χ0n) is 15.9. The largest absolute Gasteiger partial charge is 0.367 e. The number of hydrogen-bond donors (Lipinski definition) is 0. The van der Waals surface area contributed by atoms with Crippen LogP contribution in [0.15, 0.2) is 48.7 Å². The van der Waals surface area contributed by atoms with Crippen LogP contribution in [0.1, 0.15) is 55.6 Å². The molecule has 1 aliphatic rings. The number of benzene rings is 1. The molecular weight excluding hydrogens is 322 g/mol. The predicted molar refractivity (Wildman–Crippen MR) is 106 cm³/mol. The number of anilines is 1. The number of carbonyl (C=O) groups is 1. The van der Waals surface area contributed by atoms with Crippen molar-refractivity contribution in [2.45, 2.75) is 52.1 Å². The topological polar surface area (TPSA) is 36.4 Å². The Kier molecular flexibility index (Phi) is 6.26. The van der Waals surface area contributed by atoms with E-state index < -0.39 is 0 Å². The minimum absolute atomic E-state index is 0.0779. The third-order valence-electron chi connectivity index (χ3n) is 5.29. The summed E-state index contributed by atoms with van der Waals surface area (Å²) in [6.45, 7) is 6.87. The molecule has 0 N–H and O–H groups in total. The van der Waals surface area contributed by atoms with Crippen LogP contribution in [0.25, 0.3) is 0 Å². The summed E-state index contributed by atoms with van der Waals surface area (Å²) in [7, 11) is 0. The van der Waals surface area contributed by atoms with E-state index in [-0.39, 0.29) is 5.91 Å². The molecule has 1 amide bonds. The Morgan fingerprint density at radius 3 is 2.73 bits per heavy atom. The molecule has 0 aliphatic carbocycles. The first-order chi connectivity index (χ1) is 12.7. The lowest BCUT2D eigenvalue weighted by Gasteiger charge is -2.35. The quantitative estimate of drug-likeness (QED) is 0.768. The third kappa shape index (κ3) is 4.24. The highest BCUT2D eigenvalue weighted by atomic mass is 16.2. The van der Waals surface area contributed by atoms with Gasteiger partial charge in [0.2, 0.25) is 0 Å². The molecule has 0 bridgehead atoms. The maximum absolute atomic E-state index is 13.0. The Hall–Kier alpha value is -2.36. The number of hydrogen-bond acceptors (Lipinski definition) is 3. The highest BCUT2D eigenvalue weighted by molar-refractivity contribution is 5.93. The Balaban J connectivity index is 1.79. The molecule has 1 fully saturated rings. The van der Waals surface area contributed by atoms with Gasteiger partial charge in [-0.1, -0.05) is 37.3 Å². The zero-order valence-corrected chi connectivity index (χ0v) is 15.9. The second-order valence-corrected chi connectivity index (χ2v) is 6.96. The predicted octanol–water partition coefficient (Wildman–Crippen LogP) is 4.51. The van der Waals surface area contributed by atoms with E-state index >= 15 is 0 Å². The van der Waals surface area contributed by atoms with Crippen molar-refractivity contribution in [1.29, 1.82) is 0 Å². The van der Waals surface area contributed by atoms with Gasteiger partial charge in [0.15, 0.2) is 0 Å². The van der Waals surface area contributed by atoms with E-state index in [2.05, 4.69) is 48.0 Å². The fourth-order valence-electron chi connectivity index (χ4n) is 3.76. The fourth-order valence-corrected chi connectivity index (χ4v) is 3.76. The molecule has 4 nitrogen and oxygen atoms in total. The van der Waals surface area contributed by atoms with Gasteiger partial charge in [0.05, 0.1) is 0 Å². The second-order valence-electron chi connectivity index (χ2n) is 6.96. The molecule has 3 rings (SSSR count). The normalized spacial score (nSPS) is 17.2. The smallest absolute Gasteiger partial charge is 0.272 e. The van der Waals surface area contributed by atoms with Crippen molar-refractivity contribution in [3.63, 3.8) is 0 Å². The molecule has 1 aromatic carbocycles. The van der Waals surface area contributed by atoms with Crippen molar-refractivity contribution in [3.8, 4) is 0 Å².